The normalized spacial score (nSPS) is 16.5. The van der Waals surface area contributed by atoms with Gasteiger partial charge < -0.3 is 0 Å². The SMILES string of the molecule is O=S(=O)(Cc1ccccc1)N(CCCBr)C1CCC1. The lowest BCUT2D eigenvalue weighted by Crippen LogP contribution is -2.45. The molecule has 19 heavy (non-hydrogen) atoms. The van der Waals surface area contributed by atoms with Crippen LogP contribution in [-0.2, 0) is 15.8 Å². The zero-order valence-electron chi connectivity index (χ0n) is 11.0. The van der Waals surface area contributed by atoms with Crippen LogP contribution in [0, 0.1) is 0 Å². The fraction of sp³-hybridized carbons (Fsp3) is 0.571. The van der Waals surface area contributed by atoms with E-state index in [1.165, 1.54) is 0 Å². The lowest BCUT2D eigenvalue weighted by Gasteiger charge is -2.36. The molecule has 0 atom stereocenters. The van der Waals surface area contributed by atoms with E-state index in [2.05, 4.69) is 15.9 Å². The van der Waals surface area contributed by atoms with Crippen molar-refractivity contribution < 1.29 is 8.42 Å². The summed E-state index contributed by atoms with van der Waals surface area (Å²) in [5, 5.41) is 0.844. The molecule has 1 aromatic carbocycles. The highest BCUT2D eigenvalue weighted by Crippen LogP contribution is 2.28. The average molecular weight is 346 g/mol. The van der Waals surface area contributed by atoms with Gasteiger partial charge in [0.15, 0.2) is 0 Å². The van der Waals surface area contributed by atoms with Gasteiger partial charge in [0.2, 0.25) is 10.0 Å². The summed E-state index contributed by atoms with van der Waals surface area (Å²) < 4.78 is 26.8. The Labute approximate surface area is 124 Å². The molecule has 1 fully saturated rings. The van der Waals surface area contributed by atoms with Gasteiger partial charge in [-0.2, -0.15) is 4.31 Å². The fourth-order valence-corrected chi connectivity index (χ4v) is 4.41. The van der Waals surface area contributed by atoms with Crippen molar-refractivity contribution in [3.63, 3.8) is 0 Å². The number of rotatable bonds is 7. The van der Waals surface area contributed by atoms with Crippen LogP contribution in [0.25, 0.3) is 0 Å². The molecule has 0 aliphatic heterocycles. The summed E-state index contributed by atoms with van der Waals surface area (Å²) in [6, 6.07) is 9.66. The average Bonchev–Trinajstić information content (AvgIpc) is 2.32. The number of hydrogen-bond donors (Lipinski definition) is 0. The number of benzene rings is 1. The van der Waals surface area contributed by atoms with Crippen molar-refractivity contribution in [1.82, 2.24) is 4.31 Å². The Bertz CT molecular complexity index is 485. The summed E-state index contributed by atoms with van der Waals surface area (Å²) in [6.45, 7) is 0.630. The van der Waals surface area contributed by atoms with E-state index >= 15 is 0 Å². The summed E-state index contributed by atoms with van der Waals surface area (Å²) in [5.41, 5.74) is 0.866. The van der Waals surface area contributed by atoms with Gasteiger partial charge >= 0.3 is 0 Å². The second kappa shape index (κ2) is 6.86. The summed E-state index contributed by atoms with van der Waals surface area (Å²) in [7, 11) is -3.20. The highest BCUT2D eigenvalue weighted by atomic mass is 79.9. The first-order valence-electron chi connectivity index (χ1n) is 6.73. The van der Waals surface area contributed by atoms with Gasteiger partial charge in [-0.25, -0.2) is 8.42 Å². The van der Waals surface area contributed by atoms with E-state index in [4.69, 9.17) is 0 Å². The number of halogens is 1. The predicted octanol–water partition coefficient (Wildman–Crippen LogP) is 3.16. The van der Waals surface area contributed by atoms with Crippen LogP contribution in [0.3, 0.4) is 0 Å². The van der Waals surface area contributed by atoms with Crippen LogP contribution in [0.5, 0.6) is 0 Å². The van der Waals surface area contributed by atoms with Crippen LogP contribution in [0.15, 0.2) is 30.3 Å². The van der Waals surface area contributed by atoms with Gasteiger partial charge in [0.05, 0.1) is 5.75 Å². The van der Waals surface area contributed by atoms with Gasteiger partial charge in [-0.3, -0.25) is 0 Å². The number of sulfonamides is 1. The first-order valence-corrected chi connectivity index (χ1v) is 9.46. The molecule has 5 heteroatoms. The lowest BCUT2D eigenvalue weighted by atomic mass is 9.93. The first kappa shape index (κ1) is 15.0. The minimum atomic E-state index is -3.20. The third kappa shape index (κ3) is 4.04. The number of nitrogens with zero attached hydrogens (tertiary/aromatic N) is 1. The van der Waals surface area contributed by atoms with E-state index in [-0.39, 0.29) is 11.8 Å². The standard InChI is InChI=1S/C14H20BrNO2S/c15-10-5-11-16(14-8-4-9-14)19(17,18)12-13-6-2-1-3-7-13/h1-3,6-7,14H,4-5,8-12H2. The van der Waals surface area contributed by atoms with E-state index < -0.39 is 10.0 Å². The van der Waals surface area contributed by atoms with E-state index in [1.807, 2.05) is 30.3 Å². The van der Waals surface area contributed by atoms with Gasteiger partial charge in [-0.15, -0.1) is 0 Å². The molecule has 1 aliphatic rings. The summed E-state index contributed by atoms with van der Waals surface area (Å²) in [4.78, 5) is 0. The predicted molar refractivity (Wildman–Crippen MR) is 81.8 cm³/mol. The van der Waals surface area contributed by atoms with Crippen LogP contribution in [0.4, 0.5) is 0 Å². The third-order valence-corrected chi connectivity index (χ3v) is 6.00. The van der Waals surface area contributed by atoms with Crippen molar-refractivity contribution in [3.05, 3.63) is 35.9 Å². The zero-order valence-corrected chi connectivity index (χ0v) is 13.4. The minimum Gasteiger partial charge on any atom is -0.212 e. The Kier molecular flexibility index (Phi) is 5.42. The number of alkyl halides is 1. The van der Waals surface area contributed by atoms with Crippen LogP contribution in [0.2, 0.25) is 0 Å². The third-order valence-electron chi connectivity index (χ3n) is 3.54. The van der Waals surface area contributed by atoms with Crippen molar-refractivity contribution in [3.8, 4) is 0 Å². The van der Waals surface area contributed by atoms with Crippen LogP contribution < -0.4 is 0 Å². The molecule has 1 aliphatic carbocycles. The molecule has 1 aromatic rings. The Morgan fingerprint density at radius 2 is 1.89 bits per heavy atom. The molecule has 0 N–H and O–H groups in total. The highest BCUT2D eigenvalue weighted by molar-refractivity contribution is 9.09. The molecular formula is C14H20BrNO2S. The smallest absolute Gasteiger partial charge is 0.212 e. The maximum Gasteiger partial charge on any atom is 0.218 e. The van der Waals surface area contributed by atoms with Gasteiger partial charge in [0.1, 0.15) is 0 Å². The topological polar surface area (TPSA) is 37.4 Å². The fourth-order valence-electron chi connectivity index (χ4n) is 2.31. The number of hydrogen-bond acceptors (Lipinski definition) is 2. The molecule has 1 saturated carbocycles. The monoisotopic (exact) mass is 345 g/mol. The van der Waals surface area contributed by atoms with Crippen molar-refractivity contribution in [2.45, 2.75) is 37.5 Å². The van der Waals surface area contributed by atoms with Crippen LogP contribution in [0.1, 0.15) is 31.2 Å². The molecule has 0 radical (unpaired) electrons. The molecule has 0 unspecified atom stereocenters. The molecule has 0 aromatic heterocycles. The molecule has 2 rings (SSSR count). The van der Waals surface area contributed by atoms with Gasteiger partial charge in [0.25, 0.3) is 0 Å². The van der Waals surface area contributed by atoms with Gasteiger partial charge in [-0.1, -0.05) is 52.7 Å². The van der Waals surface area contributed by atoms with E-state index in [0.717, 1.165) is 36.6 Å². The molecule has 0 bridgehead atoms. The lowest BCUT2D eigenvalue weighted by molar-refractivity contribution is 0.220. The van der Waals surface area contributed by atoms with E-state index in [0.29, 0.717) is 6.54 Å². The van der Waals surface area contributed by atoms with Crippen molar-refractivity contribution >= 4 is 26.0 Å². The van der Waals surface area contributed by atoms with Crippen LogP contribution in [-0.4, -0.2) is 30.6 Å². The Balaban J connectivity index is 2.09. The van der Waals surface area contributed by atoms with Crippen molar-refractivity contribution in [1.29, 1.82) is 0 Å². The van der Waals surface area contributed by atoms with Crippen molar-refractivity contribution in [2.75, 3.05) is 11.9 Å². The van der Waals surface area contributed by atoms with E-state index in [1.54, 1.807) is 4.31 Å². The minimum absolute atomic E-state index is 0.118. The van der Waals surface area contributed by atoms with E-state index in [9.17, 15) is 8.42 Å². The summed E-state index contributed by atoms with van der Waals surface area (Å²) in [6.07, 6.45) is 4.04. The molecule has 0 spiro atoms. The quantitative estimate of drug-likeness (QED) is 0.712. The molecule has 3 nitrogen and oxygen atoms in total. The first-order chi connectivity index (χ1) is 9.13. The second-order valence-electron chi connectivity index (χ2n) is 4.98. The Morgan fingerprint density at radius 3 is 2.42 bits per heavy atom. The maximum absolute atomic E-state index is 12.6. The molecule has 0 amide bonds. The summed E-state index contributed by atoms with van der Waals surface area (Å²) in [5.74, 6) is 0.118. The highest BCUT2D eigenvalue weighted by Gasteiger charge is 2.33. The Morgan fingerprint density at radius 1 is 1.21 bits per heavy atom. The van der Waals surface area contributed by atoms with Gasteiger partial charge in [-0.05, 0) is 24.8 Å². The molecule has 0 heterocycles. The van der Waals surface area contributed by atoms with Gasteiger partial charge in [0, 0.05) is 17.9 Å². The molecular weight excluding hydrogens is 326 g/mol. The largest absolute Gasteiger partial charge is 0.218 e. The van der Waals surface area contributed by atoms with Crippen molar-refractivity contribution in [2.24, 2.45) is 0 Å². The zero-order chi connectivity index (χ0) is 13.7. The summed E-state index contributed by atoms with van der Waals surface area (Å²) >= 11 is 3.38. The van der Waals surface area contributed by atoms with Crippen LogP contribution >= 0.6 is 15.9 Å². The second-order valence-corrected chi connectivity index (χ2v) is 7.69. The Hall–Kier alpha value is -0.390. The maximum atomic E-state index is 12.6. The molecule has 0 saturated heterocycles. The molecule has 106 valence electrons.